The lowest BCUT2D eigenvalue weighted by Crippen LogP contribution is -2.17. The van der Waals surface area contributed by atoms with Gasteiger partial charge >= 0.3 is 5.97 Å². The highest BCUT2D eigenvalue weighted by Gasteiger charge is 2.15. The van der Waals surface area contributed by atoms with Gasteiger partial charge in [0, 0.05) is 10.0 Å². The zero-order valence-electron chi connectivity index (χ0n) is 10.6. The van der Waals surface area contributed by atoms with Crippen molar-refractivity contribution < 1.29 is 14.3 Å². The van der Waals surface area contributed by atoms with Gasteiger partial charge in [-0.25, -0.2) is 4.68 Å². The molecule has 0 amide bonds. The summed E-state index contributed by atoms with van der Waals surface area (Å²) in [7, 11) is 1.28. The first-order chi connectivity index (χ1) is 9.60. The van der Waals surface area contributed by atoms with Crippen molar-refractivity contribution in [2.75, 3.05) is 7.11 Å². The van der Waals surface area contributed by atoms with E-state index in [-0.39, 0.29) is 18.7 Å². The molecule has 1 aromatic carbocycles. The monoisotopic (exact) mass is 338 g/mol. The lowest BCUT2D eigenvalue weighted by atomic mass is 10.1. The van der Waals surface area contributed by atoms with Crippen molar-refractivity contribution in [2.24, 2.45) is 0 Å². The zero-order chi connectivity index (χ0) is 14.5. The smallest absolute Gasteiger partial charge is 0.313 e. The Morgan fingerprint density at radius 2 is 2.00 bits per heavy atom. The molecule has 0 aliphatic carbocycles. The number of carbonyl (C=O) groups excluding carboxylic acids is 2. The summed E-state index contributed by atoms with van der Waals surface area (Å²) in [6.45, 7) is -0.0268. The third-order valence-corrected chi connectivity index (χ3v) is 3.12. The number of rotatable bonds is 5. The first kappa shape index (κ1) is 14.3. The van der Waals surface area contributed by atoms with E-state index in [4.69, 9.17) is 0 Å². The van der Waals surface area contributed by atoms with Crippen LogP contribution in [0.3, 0.4) is 0 Å². The number of nitrogens with zero attached hydrogens (tertiary/aromatic N) is 4. The zero-order valence-corrected chi connectivity index (χ0v) is 12.2. The molecule has 0 atom stereocenters. The minimum Gasteiger partial charge on any atom is -0.469 e. The van der Waals surface area contributed by atoms with Crippen molar-refractivity contribution in [3.8, 4) is 0 Å². The molecule has 0 unspecified atom stereocenters. The Morgan fingerprint density at radius 3 is 2.65 bits per heavy atom. The molecule has 0 bridgehead atoms. The molecule has 7 nitrogen and oxygen atoms in total. The number of carbonyl (C=O) groups is 2. The van der Waals surface area contributed by atoms with Gasteiger partial charge in [-0.15, -0.1) is 5.10 Å². The van der Waals surface area contributed by atoms with Crippen LogP contribution in [-0.2, 0) is 22.5 Å². The van der Waals surface area contributed by atoms with Crippen LogP contribution in [0.1, 0.15) is 16.2 Å². The van der Waals surface area contributed by atoms with E-state index in [0.717, 1.165) is 4.47 Å². The summed E-state index contributed by atoms with van der Waals surface area (Å²) >= 11 is 3.30. The average molecular weight is 339 g/mol. The average Bonchev–Trinajstić information content (AvgIpc) is 2.86. The van der Waals surface area contributed by atoms with Crippen molar-refractivity contribution in [1.29, 1.82) is 0 Å². The van der Waals surface area contributed by atoms with E-state index in [1.807, 2.05) is 0 Å². The standard InChI is InChI=1S/C12H11BrN4O3/c1-20-12(19)6-11-14-15-16-17(11)7-10(18)8-2-4-9(13)5-3-8/h2-5H,6-7H2,1H3. The van der Waals surface area contributed by atoms with Crippen molar-refractivity contribution in [3.05, 3.63) is 40.1 Å². The Morgan fingerprint density at radius 1 is 1.30 bits per heavy atom. The summed E-state index contributed by atoms with van der Waals surface area (Å²) < 4.78 is 6.73. The number of hydrogen-bond donors (Lipinski definition) is 0. The number of hydrogen-bond acceptors (Lipinski definition) is 6. The fraction of sp³-hybridized carbons (Fsp3) is 0.250. The maximum Gasteiger partial charge on any atom is 0.313 e. The van der Waals surface area contributed by atoms with Gasteiger partial charge in [-0.2, -0.15) is 0 Å². The van der Waals surface area contributed by atoms with Gasteiger partial charge in [-0.05, 0) is 22.6 Å². The molecule has 0 fully saturated rings. The number of Topliss-reactive ketones (excluding diaryl/α,β-unsaturated/α-hetero) is 1. The third-order valence-electron chi connectivity index (χ3n) is 2.60. The molecular weight excluding hydrogens is 328 g/mol. The van der Waals surface area contributed by atoms with E-state index < -0.39 is 5.97 Å². The van der Waals surface area contributed by atoms with Gasteiger partial charge in [0.2, 0.25) is 0 Å². The van der Waals surface area contributed by atoms with Crippen molar-refractivity contribution >= 4 is 27.7 Å². The van der Waals surface area contributed by atoms with E-state index in [0.29, 0.717) is 11.4 Å². The number of halogens is 1. The quantitative estimate of drug-likeness (QED) is 0.597. The molecule has 0 N–H and O–H groups in total. The largest absolute Gasteiger partial charge is 0.469 e. The molecule has 1 heterocycles. The van der Waals surface area contributed by atoms with Gasteiger partial charge < -0.3 is 4.74 Å². The SMILES string of the molecule is COC(=O)Cc1nnnn1CC(=O)c1ccc(Br)cc1. The fourth-order valence-corrected chi connectivity index (χ4v) is 1.80. The van der Waals surface area contributed by atoms with Crippen LogP contribution in [0.5, 0.6) is 0 Å². The normalized spacial score (nSPS) is 10.3. The minimum atomic E-state index is -0.461. The van der Waals surface area contributed by atoms with E-state index >= 15 is 0 Å². The molecule has 0 aliphatic rings. The molecule has 20 heavy (non-hydrogen) atoms. The van der Waals surface area contributed by atoms with Gasteiger partial charge in [0.15, 0.2) is 11.6 Å². The summed E-state index contributed by atoms with van der Waals surface area (Å²) in [6, 6.07) is 6.97. The van der Waals surface area contributed by atoms with Gasteiger partial charge in [0.25, 0.3) is 0 Å². The Balaban J connectivity index is 2.10. The van der Waals surface area contributed by atoms with Crippen LogP contribution in [0.15, 0.2) is 28.7 Å². The molecule has 1 aromatic heterocycles. The van der Waals surface area contributed by atoms with Crippen LogP contribution < -0.4 is 0 Å². The molecule has 2 aromatic rings. The molecule has 8 heteroatoms. The second-order valence-corrected chi connectivity index (χ2v) is 4.85. The number of aromatic nitrogens is 4. The second-order valence-electron chi connectivity index (χ2n) is 3.94. The van der Waals surface area contributed by atoms with Crippen LogP contribution in [0.25, 0.3) is 0 Å². The molecule has 0 saturated heterocycles. The van der Waals surface area contributed by atoms with E-state index in [1.54, 1.807) is 24.3 Å². The number of benzene rings is 1. The minimum absolute atomic E-state index is 0.0268. The summed E-state index contributed by atoms with van der Waals surface area (Å²) in [4.78, 5) is 23.3. The first-order valence-electron chi connectivity index (χ1n) is 5.71. The van der Waals surface area contributed by atoms with Gasteiger partial charge in [-0.3, -0.25) is 9.59 Å². The van der Waals surface area contributed by atoms with Crippen LogP contribution in [0, 0.1) is 0 Å². The molecule has 0 aliphatic heterocycles. The summed E-state index contributed by atoms with van der Waals surface area (Å²) in [5.41, 5.74) is 0.549. The summed E-state index contributed by atoms with van der Waals surface area (Å²) in [5, 5.41) is 10.9. The Labute approximate surface area is 123 Å². The van der Waals surface area contributed by atoms with Gasteiger partial charge in [-0.1, -0.05) is 28.1 Å². The molecular formula is C12H11BrN4O3. The lowest BCUT2D eigenvalue weighted by molar-refractivity contribution is -0.140. The first-order valence-corrected chi connectivity index (χ1v) is 6.50. The maximum absolute atomic E-state index is 12.1. The van der Waals surface area contributed by atoms with Crippen LogP contribution in [-0.4, -0.2) is 39.1 Å². The van der Waals surface area contributed by atoms with E-state index in [1.165, 1.54) is 11.8 Å². The highest BCUT2D eigenvalue weighted by molar-refractivity contribution is 9.10. The van der Waals surface area contributed by atoms with E-state index in [2.05, 4.69) is 36.2 Å². The topological polar surface area (TPSA) is 87.0 Å². The van der Waals surface area contributed by atoms with Crippen LogP contribution in [0.2, 0.25) is 0 Å². The Hall–Kier alpha value is -2.09. The van der Waals surface area contributed by atoms with Crippen molar-refractivity contribution in [3.63, 3.8) is 0 Å². The highest BCUT2D eigenvalue weighted by Crippen LogP contribution is 2.11. The van der Waals surface area contributed by atoms with Crippen molar-refractivity contribution in [2.45, 2.75) is 13.0 Å². The van der Waals surface area contributed by atoms with Crippen molar-refractivity contribution in [1.82, 2.24) is 20.2 Å². The van der Waals surface area contributed by atoms with Crippen LogP contribution in [0.4, 0.5) is 0 Å². The summed E-state index contributed by atoms with van der Waals surface area (Å²) in [6.07, 6.45) is -0.0723. The van der Waals surface area contributed by atoms with Crippen LogP contribution >= 0.6 is 15.9 Å². The molecule has 0 saturated carbocycles. The summed E-state index contributed by atoms with van der Waals surface area (Å²) in [5.74, 6) is -0.310. The highest BCUT2D eigenvalue weighted by atomic mass is 79.9. The second kappa shape index (κ2) is 6.38. The number of ether oxygens (including phenoxy) is 1. The van der Waals surface area contributed by atoms with Gasteiger partial charge in [0.1, 0.15) is 13.0 Å². The molecule has 104 valence electrons. The number of esters is 1. The number of methoxy groups -OCH3 is 1. The third kappa shape index (κ3) is 3.47. The molecule has 0 radical (unpaired) electrons. The Kier molecular flexibility index (Phi) is 4.57. The molecule has 0 spiro atoms. The predicted molar refractivity (Wildman–Crippen MR) is 72.0 cm³/mol. The number of ketones is 1. The Bertz CT molecular complexity index is 624. The maximum atomic E-state index is 12.1. The lowest BCUT2D eigenvalue weighted by Gasteiger charge is -2.04. The predicted octanol–water partition coefficient (Wildman–Crippen LogP) is 1.03. The van der Waals surface area contributed by atoms with E-state index in [9.17, 15) is 9.59 Å². The number of tetrazole rings is 1. The van der Waals surface area contributed by atoms with Gasteiger partial charge in [0.05, 0.1) is 7.11 Å². The molecule has 2 rings (SSSR count). The fourth-order valence-electron chi connectivity index (χ4n) is 1.54.